The Kier molecular flexibility index (Phi) is 5.28. The van der Waals surface area contributed by atoms with Crippen LogP contribution >= 0.6 is 27.3 Å². The van der Waals surface area contributed by atoms with Gasteiger partial charge in [-0.2, -0.15) is 0 Å². The summed E-state index contributed by atoms with van der Waals surface area (Å²) in [4.78, 5) is 28.6. The maximum absolute atomic E-state index is 13.2. The Labute approximate surface area is 193 Å². The average Bonchev–Trinajstić information content (AvgIpc) is 3.40. The monoisotopic (exact) mass is 493 g/mol. The summed E-state index contributed by atoms with van der Waals surface area (Å²) in [5, 5.41) is 13.2. The van der Waals surface area contributed by atoms with Crippen LogP contribution in [0.5, 0.6) is 0 Å². The summed E-state index contributed by atoms with van der Waals surface area (Å²) in [5.41, 5.74) is 3.85. The van der Waals surface area contributed by atoms with Crippen LogP contribution in [0.15, 0.2) is 70.0 Å². The number of carbonyl (C=O) groups excluding carboxylic acids is 2. The predicted octanol–water partition coefficient (Wildman–Crippen LogP) is 6.02. The fourth-order valence-corrected chi connectivity index (χ4v) is 5.69. The first kappa shape index (κ1) is 20.2. The van der Waals surface area contributed by atoms with Crippen molar-refractivity contribution in [2.75, 3.05) is 4.90 Å². The number of hydrogen-bond donors (Lipinski definition) is 1. The second-order valence-electron chi connectivity index (χ2n) is 7.85. The van der Waals surface area contributed by atoms with E-state index >= 15 is 0 Å². The molecule has 2 aromatic carbocycles. The number of benzene rings is 2. The lowest BCUT2D eigenvalue weighted by atomic mass is 9.89. The van der Waals surface area contributed by atoms with Crippen molar-refractivity contribution in [3.05, 3.63) is 91.6 Å². The highest BCUT2D eigenvalue weighted by molar-refractivity contribution is 9.10. The lowest BCUT2D eigenvalue weighted by Gasteiger charge is -2.24. The van der Waals surface area contributed by atoms with Gasteiger partial charge in [0.05, 0.1) is 5.57 Å². The maximum atomic E-state index is 13.2. The Bertz CT molecular complexity index is 1220. The molecule has 0 saturated carbocycles. The summed E-state index contributed by atoms with van der Waals surface area (Å²) in [6.45, 7) is 0. The second-order valence-corrected chi connectivity index (χ2v) is 9.75. The van der Waals surface area contributed by atoms with Crippen LogP contribution in [0.3, 0.4) is 0 Å². The first-order valence-electron chi connectivity index (χ1n) is 10.3. The molecule has 1 aliphatic carbocycles. The Balaban J connectivity index is 1.68. The summed E-state index contributed by atoms with van der Waals surface area (Å²) in [6, 6.07) is 16.3. The van der Waals surface area contributed by atoms with Crippen molar-refractivity contribution in [2.24, 2.45) is 0 Å². The third kappa shape index (κ3) is 3.54. The molecule has 2 aliphatic rings. The molecular formula is C25H20BrNO3S. The molecule has 1 amide bonds. The Morgan fingerprint density at radius 1 is 1.00 bits per heavy atom. The molecule has 0 radical (unpaired) electrons. The molecule has 6 heteroatoms. The highest BCUT2D eigenvalue weighted by atomic mass is 79.9. The van der Waals surface area contributed by atoms with Crippen molar-refractivity contribution in [3.8, 4) is 0 Å². The van der Waals surface area contributed by atoms with Gasteiger partial charge in [0.2, 0.25) is 0 Å². The summed E-state index contributed by atoms with van der Waals surface area (Å²) in [7, 11) is 0. The van der Waals surface area contributed by atoms with Crippen molar-refractivity contribution in [1.29, 1.82) is 0 Å². The van der Waals surface area contributed by atoms with Crippen LogP contribution in [0.4, 0.5) is 5.69 Å². The van der Waals surface area contributed by atoms with Crippen molar-refractivity contribution < 1.29 is 14.7 Å². The second kappa shape index (κ2) is 8.09. The van der Waals surface area contributed by atoms with Gasteiger partial charge in [-0.3, -0.25) is 14.5 Å². The van der Waals surface area contributed by atoms with Crippen LogP contribution in [-0.2, 0) is 22.4 Å². The number of Topliss-reactive ketones (excluding diaryl/α,β-unsaturated/α-hetero) is 1. The number of hydrogen-bond acceptors (Lipinski definition) is 4. The number of thiophene rings is 1. The molecule has 0 spiro atoms. The molecule has 3 aromatic rings. The average molecular weight is 494 g/mol. The molecule has 1 N–H and O–H groups in total. The predicted molar refractivity (Wildman–Crippen MR) is 126 cm³/mol. The number of fused-ring (bicyclic) bond motifs is 1. The molecule has 1 atom stereocenters. The van der Waals surface area contributed by atoms with Gasteiger partial charge in [-0.1, -0.05) is 40.2 Å². The summed E-state index contributed by atoms with van der Waals surface area (Å²) in [5.74, 6) is -1.40. The van der Waals surface area contributed by atoms with Gasteiger partial charge in [-0.25, -0.2) is 0 Å². The van der Waals surface area contributed by atoms with Gasteiger partial charge >= 0.3 is 0 Å². The van der Waals surface area contributed by atoms with E-state index in [1.165, 1.54) is 33.8 Å². The van der Waals surface area contributed by atoms with Crippen molar-refractivity contribution >= 4 is 50.4 Å². The van der Waals surface area contributed by atoms with E-state index in [9.17, 15) is 14.7 Å². The number of aliphatic hydroxyl groups excluding tert-OH is 1. The third-order valence-corrected chi connectivity index (χ3v) is 7.38. The van der Waals surface area contributed by atoms with Gasteiger partial charge in [-0.15, -0.1) is 11.3 Å². The van der Waals surface area contributed by atoms with Gasteiger partial charge < -0.3 is 5.11 Å². The molecule has 156 valence electrons. The van der Waals surface area contributed by atoms with Crippen LogP contribution in [-0.4, -0.2) is 16.8 Å². The highest BCUT2D eigenvalue weighted by Crippen LogP contribution is 2.44. The zero-order valence-electron chi connectivity index (χ0n) is 16.7. The molecule has 1 fully saturated rings. The van der Waals surface area contributed by atoms with E-state index < -0.39 is 17.7 Å². The topological polar surface area (TPSA) is 57.6 Å². The van der Waals surface area contributed by atoms with Crippen LogP contribution in [0.25, 0.3) is 5.76 Å². The Morgan fingerprint density at radius 2 is 1.81 bits per heavy atom. The van der Waals surface area contributed by atoms with Crippen LogP contribution in [0.1, 0.15) is 40.5 Å². The number of aliphatic hydroxyl groups is 1. The first-order chi connectivity index (χ1) is 15.0. The Hall–Kier alpha value is -2.70. The standard InChI is InChI=1S/C25H20BrNO3S/c26-18-7-3-8-19(14-18)27-22(20-9-4-12-31-20)21(24(29)25(27)30)23(28)17-11-10-15-5-1-2-6-16(15)13-17/h3-4,7-14,22,28H,1-2,5-6H2/b23-21-. The van der Waals surface area contributed by atoms with Crippen LogP contribution in [0.2, 0.25) is 0 Å². The minimum atomic E-state index is -0.662. The molecule has 4 nitrogen and oxygen atoms in total. The molecule has 31 heavy (non-hydrogen) atoms. The molecular weight excluding hydrogens is 474 g/mol. The summed E-state index contributed by atoms with van der Waals surface area (Å²) >= 11 is 4.91. The number of anilines is 1. The lowest BCUT2D eigenvalue weighted by molar-refractivity contribution is -0.132. The molecule has 1 unspecified atom stereocenters. The first-order valence-corrected chi connectivity index (χ1v) is 11.9. The Morgan fingerprint density at radius 3 is 2.55 bits per heavy atom. The SMILES string of the molecule is O=C1C(=O)N(c2cccc(Br)c2)C(c2cccs2)/C1=C(/O)c1ccc2c(c1)CCCC2. The largest absolute Gasteiger partial charge is 0.507 e. The van der Waals surface area contributed by atoms with Gasteiger partial charge in [0.25, 0.3) is 11.7 Å². The third-order valence-electron chi connectivity index (χ3n) is 5.97. The molecule has 1 aromatic heterocycles. The smallest absolute Gasteiger partial charge is 0.300 e. The van der Waals surface area contributed by atoms with E-state index in [-0.39, 0.29) is 11.3 Å². The molecule has 5 rings (SSSR count). The van der Waals surface area contributed by atoms with E-state index in [1.54, 1.807) is 6.07 Å². The van der Waals surface area contributed by atoms with Gasteiger partial charge in [0.1, 0.15) is 11.8 Å². The molecule has 2 heterocycles. The van der Waals surface area contributed by atoms with E-state index in [2.05, 4.69) is 15.9 Å². The number of aryl methyl sites for hydroxylation is 2. The maximum Gasteiger partial charge on any atom is 0.300 e. The summed E-state index contributed by atoms with van der Waals surface area (Å²) in [6.07, 6.45) is 4.31. The van der Waals surface area contributed by atoms with Crippen molar-refractivity contribution in [1.82, 2.24) is 0 Å². The molecule has 1 aliphatic heterocycles. The fourth-order valence-electron chi connectivity index (χ4n) is 4.48. The fraction of sp³-hybridized carbons (Fsp3) is 0.200. The molecule has 0 bridgehead atoms. The normalized spacial score (nSPS) is 20.2. The number of ketones is 1. The number of carbonyl (C=O) groups is 2. The minimum absolute atomic E-state index is 0.109. The number of halogens is 1. The lowest BCUT2D eigenvalue weighted by Crippen LogP contribution is -2.29. The van der Waals surface area contributed by atoms with Crippen molar-refractivity contribution in [3.63, 3.8) is 0 Å². The van der Waals surface area contributed by atoms with Crippen molar-refractivity contribution in [2.45, 2.75) is 31.7 Å². The van der Waals surface area contributed by atoms with Gasteiger partial charge in [0, 0.05) is 20.6 Å². The molecule has 1 saturated heterocycles. The van der Waals surface area contributed by atoms with Gasteiger partial charge in [0.15, 0.2) is 0 Å². The van der Waals surface area contributed by atoms with E-state index in [0.717, 1.165) is 28.6 Å². The number of amides is 1. The quantitative estimate of drug-likeness (QED) is 0.276. The zero-order valence-corrected chi connectivity index (χ0v) is 19.1. The van der Waals surface area contributed by atoms with Crippen LogP contribution in [0, 0.1) is 0 Å². The van der Waals surface area contributed by atoms with E-state index in [1.807, 2.05) is 53.9 Å². The number of nitrogens with zero attached hydrogens (tertiary/aromatic N) is 1. The number of rotatable bonds is 3. The summed E-state index contributed by atoms with van der Waals surface area (Å²) < 4.78 is 0.812. The van der Waals surface area contributed by atoms with E-state index in [0.29, 0.717) is 11.3 Å². The highest BCUT2D eigenvalue weighted by Gasteiger charge is 2.47. The van der Waals surface area contributed by atoms with Gasteiger partial charge in [-0.05, 0) is 72.5 Å². The zero-order chi connectivity index (χ0) is 21.5. The van der Waals surface area contributed by atoms with E-state index in [4.69, 9.17) is 0 Å². The minimum Gasteiger partial charge on any atom is -0.507 e. The van der Waals surface area contributed by atoms with Crippen LogP contribution < -0.4 is 4.90 Å².